The summed E-state index contributed by atoms with van der Waals surface area (Å²) >= 11 is 1.01. The molecule has 0 amide bonds. The van der Waals surface area contributed by atoms with E-state index in [9.17, 15) is 8.78 Å². The van der Waals surface area contributed by atoms with E-state index in [1.165, 1.54) is 12.4 Å². The van der Waals surface area contributed by atoms with Gasteiger partial charge in [-0.1, -0.05) is 11.8 Å². The van der Waals surface area contributed by atoms with Crippen LogP contribution in [0.4, 0.5) is 8.78 Å². The monoisotopic (exact) mass is 253 g/mol. The Morgan fingerprint density at radius 1 is 1.18 bits per heavy atom. The summed E-state index contributed by atoms with van der Waals surface area (Å²) in [5.74, 6) is -0.989. The van der Waals surface area contributed by atoms with Crippen molar-refractivity contribution in [3.8, 4) is 0 Å². The molecule has 0 fully saturated rings. The van der Waals surface area contributed by atoms with E-state index in [0.717, 1.165) is 30.0 Å². The second kappa shape index (κ2) is 5.20. The summed E-state index contributed by atoms with van der Waals surface area (Å²) in [6.45, 7) is 0.201. The van der Waals surface area contributed by atoms with Crippen molar-refractivity contribution >= 4 is 11.8 Å². The van der Waals surface area contributed by atoms with E-state index in [0.29, 0.717) is 10.7 Å². The Bertz CT molecular complexity index is 534. The molecule has 0 unspecified atom stereocenters. The van der Waals surface area contributed by atoms with Crippen LogP contribution in [0.15, 0.2) is 40.5 Å². The van der Waals surface area contributed by atoms with Gasteiger partial charge in [-0.2, -0.15) is 0 Å². The van der Waals surface area contributed by atoms with Crippen molar-refractivity contribution in [3.05, 3.63) is 47.9 Å². The molecule has 17 heavy (non-hydrogen) atoms. The van der Waals surface area contributed by atoms with E-state index < -0.39 is 11.6 Å². The Labute approximate surface area is 101 Å². The number of halogens is 2. The Hall–Kier alpha value is -1.53. The lowest BCUT2D eigenvalue weighted by Crippen LogP contribution is -2.02. The van der Waals surface area contributed by atoms with Crippen LogP contribution in [0.25, 0.3) is 0 Å². The molecule has 2 N–H and O–H groups in total. The van der Waals surface area contributed by atoms with Crippen LogP contribution in [0.2, 0.25) is 0 Å². The van der Waals surface area contributed by atoms with Gasteiger partial charge in [0.15, 0.2) is 0 Å². The lowest BCUT2D eigenvalue weighted by molar-refractivity contribution is 0.577. The van der Waals surface area contributed by atoms with Crippen LogP contribution in [-0.4, -0.2) is 9.97 Å². The zero-order valence-electron chi connectivity index (χ0n) is 8.73. The van der Waals surface area contributed by atoms with Gasteiger partial charge in [-0.3, -0.25) is 4.98 Å². The number of hydrogen-bond acceptors (Lipinski definition) is 4. The average Bonchev–Trinajstić information content (AvgIpc) is 2.34. The number of nitrogens with two attached hydrogens (primary N) is 1. The predicted molar refractivity (Wildman–Crippen MR) is 60.4 cm³/mol. The molecule has 0 aliphatic rings. The van der Waals surface area contributed by atoms with Gasteiger partial charge in [0.1, 0.15) is 16.7 Å². The molecular formula is C11H9F2N3S. The van der Waals surface area contributed by atoms with Gasteiger partial charge in [-0.05, 0) is 18.2 Å². The zero-order valence-corrected chi connectivity index (χ0v) is 9.55. The maximum absolute atomic E-state index is 13.4. The Kier molecular flexibility index (Phi) is 3.65. The zero-order chi connectivity index (χ0) is 12.3. The van der Waals surface area contributed by atoms with Crippen LogP contribution < -0.4 is 5.73 Å². The normalized spacial score (nSPS) is 10.5. The highest BCUT2D eigenvalue weighted by Crippen LogP contribution is 2.30. The van der Waals surface area contributed by atoms with Crippen molar-refractivity contribution in [1.29, 1.82) is 0 Å². The Morgan fingerprint density at radius 3 is 2.71 bits per heavy atom. The summed E-state index contributed by atoms with van der Waals surface area (Å²) in [5.41, 5.74) is 6.05. The molecular weight excluding hydrogens is 244 g/mol. The number of benzene rings is 1. The first-order valence-electron chi connectivity index (χ1n) is 4.83. The van der Waals surface area contributed by atoms with Crippen molar-refractivity contribution in [1.82, 2.24) is 9.97 Å². The average molecular weight is 253 g/mol. The minimum absolute atomic E-state index is 0.167. The van der Waals surface area contributed by atoms with Crippen LogP contribution in [0.1, 0.15) is 5.69 Å². The first-order chi connectivity index (χ1) is 8.20. The van der Waals surface area contributed by atoms with Gasteiger partial charge in [0.2, 0.25) is 0 Å². The summed E-state index contributed by atoms with van der Waals surface area (Å²) < 4.78 is 26.4. The molecule has 88 valence electrons. The SMILES string of the molecule is NCc1nccnc1Sc1cc(F)ccc1F. The fourth-order valence-corrected chi connectivity index (χ4v) is 2.15. The highest BCUT2D eigenvalue weighted by atomic mass is 32.2. The molecule has 1 aromatic carbocycles. The third-order valence-corrected chi connectivity index (χ3v) is 3.10. The maximum Gasteiger partial charge on any atom is 0.137 e. The maximum atomic E-state index is 13.4. The van der Waals surface area contributed by atoms with Crippen molar-refractivity contribution < 1.29 is 8.78 Å². The molecule has 3 nitrogen and oxygen atoms in total. The van der Waals surface area contributed by atoms with Gasteiger partial charge < -0.3 is 5.73 Å². The minimum Gasteiger partial charge on any atom is -0.325 e. The van der Waals surface area contributed by atoms with Gasteiger partial charge in [0.05, 0.1) is 10.6 Å². The van der Waals surface area contributed by atoms with Crippen molar-refractivity contribution in [2.75, 3.05) is 0 Å². The summed E-state index contributed by atoms with van der Waals surface area (Å²) in [6.07, 6.45) is 2.99. The van der Waals surface area contributed by atoms with Crippen LogP contribution in [-0.2, 0) is 6.54 Å². The number of rotatable bonds is 3. The molecule has 0 saturated carbocycles. The van der Waals surface area contributed by atoms with E-state index in [1.807, 2.05) is 0 Å². The number of hydrogen-bond donors (Lipinski definition) is 1. The van der Waals surface area contributed by atoms with Crippen molar-refractivity contribution in [2.24, 2.45) is 5.73 Å². The molecule has 0 radical (unpaired) electrons. The summed E-state index contributed by atoms with van der Waals surface area (Å²) in [4.78, 5) is 8.23. The molecule has 0 saturated heterocycles. The molecule has 1 aromatic heterocycles. The number of aromatic nitrogens is 2. The first-order valence-corrected chi connectivity index (χ1v) is 5.65. The second-order valence-electron chi connectivity index (χ2n) is 3.19. The summed E-state index contributed by atoms with van der Waals surface area (Å²) in [5, 5.41) is 0.486. The van der Waals surface area contributed by atoms with E-state index in [-0.39, 0.29) is 11.4 Å². The standard InChI is InChI=1S/C11H9F2N3S/c12-7-1-2-8(13)10(5-7)17-11-9(6-14)15-3-4-16-11/h1-5H,6,14H2. The topological polar surface area (TPSA) is 51.8 Å². The largest absolute Gasteiger partial charge is 0.325 e. The second-order valence-corrected chi connectivity index (χ2v) is 4.22. The quantitative estimate of drug-likeness (QED) is 0.912. The van der Waals surface area contributed by atoms with Gasteiger partial charge in [-0.15, -0.1) is 0 Å². The third kappa shape index (κ3) is 2.78. The highest BCUT2D eigenvalue weighted by molar-refractivity contribution is 7.99. The predicted octanol–water partition coefficient (Wildman–Crippen LogP) is 2.36. The Balaban J connectivity index is 2.34. The van der Waals surface area contributed by atoms with E-state index in [2.05, 4.69) is 9.97 Å². The fourth-order valence-electron chi connectivity index (χ4n) is 1.24. The molecule has 2 rings (SSSR count). The molecule has 6 heteroatoms. The lowest BCUT2D eigenvalue weighted by Gasteiger charge is -2.05. The molecule has 1 heterocycles. The summed E-state index contributed by atoms with van der Waals surface area (Å²) in [6, 6.07) is 3.27. The molecule has 0 aliphatic heterocycles. The molecule has 0 atom stereocenters. The van der Waals surface area contributed by atoms with Crippen LogP contribution >= 0.6 is 11.8 Å². The van der Waals surface area contributed by atoms with Gasteiger partial charge >= 0.3 is 0 Å². The molecule has 0 bridgehead atoms. The van der Waals surface area contributed by atoms with Crippen molar-refractivity contribution in [2.45, 2.75) is 16.5 Å². The Morgan fingerprint density at radius 2 is 1.94 bits per heavy atom. The highest BCUT2D eigenvalue weighted by Gasteiger charge is 2.10. The fraction of sp³-hybridized carbons (Fsp3) is 0.0909. The van der Waals surface area contributed by atoms with Crippen molar-refractivity contribution in [3.63, 3.8) is 0 Å². The van der Waals surface area contributed by atoms with E-state index in [4.69, 9.17) is 5.73 Å². The lowest BCUT2D eigenvalue weighted by atomic mass is 10.3. The molecule has 0 aliphatic carbocycles. The number of nitrogens with zero attached hydrogens (tertiary/aromatic N) is 2. The van der Waals surface area contributed by atoms with Gasteiger partial charge in [0.25, 0.3) is 0 Å². The van der Waals surface area contributed by atoms with E-state index >= 15 is 0 Å². The minimum atomic E-state index is -0.495. The summed E-state index contributed by atoms with van der Waals surface area (Å²) in [7, 11) is 0. The van der Waals surface area contributed by atoms with Crippen LogP contribution in [0, 0.1) is 11.6 Å². The third-order valence-electron chi connectivity index (χ3n) is 2.03. The van der Waals surface area contributed by atoms with E-state index in [1.54, 1.807) is 0 Å². The van der Waals surface area contributed by atoms with Gasteiger partial charge in [0, 0.05) is 18.9 Å². The first kappa shape index (κ1) is 11.9. The smallest absolute Gasteiger partial charge is 0.137 e. The van der Waals surface area contributed by atoms with Crippen LogP contribution in [0.3, 0.4) is 0 Å². The molecule has 2 aromatic rings. The van der Waals surface area contributed by atoms with Crippen LogP contribution in [0.5, 0.6) is 0 Å². The van der Waals surface area contributed by atoms with Gasteiger partial charge in [-0.25, -0.2) is 13.8 Å². The molecule has 0 spiro atoms.